The highest BCUT2D eigenvalue weighted by atomic mass is 16.3. The van der Waals surface area contributed by atoms with Gasteiger partial charge in [-0.2, -0.15) is 10.1 Å². The van der Waals surface area contributed by atoms with E-state index >= 15 is 0 Å². The third kappa shape index (κ3) is 2.94. The molecule has 4 heterocycles. The number of nitrogens with one attached hydrogen (secondary N) is 1. The molecule has 0 radical (unpaired) electrons. The largest absolute Gasteiger partial charge is 0.467 e. The molecule has 0 aromatic carbocycles. The number of rotatable bonds is 5. The molecule has 4 aromatic heterocycles. The van der Waals surface area contributed by atoms with E-state index in [9.17, 15) is 4.79 Å². The molecular weight excluding hydrogens is 324 g/mol. The van der Waals surface area contributed by atoms with Gasteiger partial charge in [0, 0.05) is 0 Å². The Morgan fingerprint density at radius 2 is 2.04 bits per heavy atom. The Morgan fingerprint density at radius 3 is 2.80 bits per heavy atom. The minimum atomic E-state index is -0.224. The van der Waals surface area contributed by atoms with Crippen LogP contribution < -0.4 is 11.1 Å². The molecule has 1 amide bonds. The van der Waals surface area contributed by atoms with Crippen molar-refractivity contribution in [2.24, 2.45) is 0 Å². The molecule has 0 aliphatic heterocycles. The van der Waals surface area contributed by atoms with Gasteiger partial charge >= 0.3 is 0 Å². The van der Waals surface area contributed by atoms with E-state index in [1.54, 1.807) is 43.0 Å². The molecule has 4 rings (SSSR count). The molecule has 9 nitrogen and oxygen atoms in total. The molecule has 0 saturated carbocycles. The van der Waals surface area contributed by atoms with E-state index < -0.39 is 0 Å². The van der Waals surface area contributed by atoms with E-state index in [1.807, 2.05) is 0 Å². The van der Waals surface area contributed by atoms with Crippen LogP contribution in [0.3, 0.4) is 0 Å². The van der Waals surface area contributed by atoms with Gasteiger partial charge in [-0.15, -0.1) is 0 Å². The monoisotopic (exact) mass is 338 g/mol. The molecule has 0 spiro atoms. The second-order valence-corrected chi connectivity index (χ2v) is 5.30. The minimum Gasteiger partial charge on any atom is -0.467 e. The van der Waals surface area contributed by atoms with Crippen molar-refractivity contribution in [3.8, 4) is 11.5 Å². The molecule has 0 fully saturated rings. The summed E-state index contributed by atoms with van der Waals surface area (Å²) in [6, 6.07) is 7.08. The molecule has 0 atom stereocenters. The van der Waals surface area contributed by atoms with E-state index in [-0.39, 0.29) is 18.4 Å². The van der Waals surface area contributed by atoms with Crippen LogP contribution in [0.5, 0.6) is 0 Å². The third-order valence-corrected chi connectivity index (χ3v) is 3.60. The number of carbonyl (C=O) groups excluding carboxylic acids is 1. The summed E-state index contributed by atoms with van der Waals surface area (Å²) >= 11 is 0. The van der Waals surface area contributed by atoms with Crippen LogP contribution in [-0.2, 0) is 17.9 Å². The van der Waals surface area contributed by atoms with E-state index in [0.717, 1.165) is 0 Å². The highest BCUT2D eigenvalue weighted by Gasteiger charge is 2.16. The van der Waals surface area contributed by atoms with Crippen molar-refractivity contribution in [2.75, 3.05) is 5.73 Å². The zero-order valence-electron chi connectivity index (χ0n) is 13.0. The Morgan fingerprint density at radius 1 is 1.20 bits per heavy atom. The van der Waals surface area contributed by atoms with Gasteiger partial charge in [0.15, 0.2) is 11.4 Å². The van der Waals surface area contributed by atoms with Gasteiger partial charge in [0.2, 0.25) is 11.9 Å². The number of furan rings is 2. The molecule has 0 saturated heterocycles. The van der Waals surface area contributed by atoms with E-state index in [4.69, 9.17) is 14.6 Å². The quantitative estimate of drug-likeness (QED) is 0.566. The lowest BCUT2D eigenvalue weighted by Gasteiger charge is -2.05. The van der Waals surface area contributed by atoms with Crippen LogP contribution >= 0.6 is 0 Å². The topological polar surface area (TPSA) is 125 Å². The predicted octanol–water partition coefficient (Wildman–Crippen LogP) is 1.58. The van der Waals surface area contributed by atoms with Gasteiger partial charge in [0.1, 0.15) is 18.0 Å². The first-order valence-corrected chi connectivity index (χ1v) is 7.52. The first-order valence-electron chi connectivity index (χ1n) is 7.52. The van der Waals surface area contributed by atoms with Crippen LogP contribution in [0.15, 0.2) is 51.8 Å². The van der Waals surface area contributed by atoms with Crippen molar-refractivity contribution in [1.29, 1.82) is 0 Å². The average molecular weight is 338 g/mol. The highest BCUT2D eigenvalue weighted by molar-refractivity contribution is 5.90. The van der Waals surface area contributed by atoms with Crippen molar-refractivity contribution >= 4 is 22.9 Å². The summed E-state index contributed by atoms with van der Waals surface area (Å²) in [6.07, 6.45) is 4.69. The number of nitrogen functional groups attached to an aromatic ring is 1. The average Bonchev–Trinajstić information content (AvgIpc) is 3.35. The normalized spacial score (nSPS) is 11.0. The zero-order chi connectivity index (χ0) is 17.2. The molecule has 0 unspecified atom stereocenters. The number of amides is 1. The third-order valence-electron chi connectivity index (χ3n) is 3.60. The number of hydrogen-bond donors (Lipinski definition) is 2. The Bertz CT molecular complexity index is 1000. The maximum Gasteiger partial charge on any atom is 0.242 e. The number of carbonyl (C=O) groups is 1. The van der Waals surface area contributed by atoms with Crippen LogP contribution in [0, 0.1) is 0 Å². The second-order valence-electron chi connectivity index (χ2n) is 5.30. The van der Waals surface area contributed by atoms with E-state index in [1.165, 1.54) is 4.68 Å². The number of nitrogens with two attached hydrogens (primary N) is 1. The van der Waals surface area contributed by atoms with Gasteiger partial charge in [-0.3, -0.25) is 4.79 Å². The van der Waals surface area contributed by atoms with Crippen molar-refractivity contribution < 1.29 is 13.6 Å². The van der Waals surface area contributed by atoms with Crippen molar-refractivity contribution in [2.45, 2.75) is 13.1 Å². The molecule has 0 aliphatic carbocycles. The van der Waals surface area contributed by atoms with Gasteiger partial charge in [-0.05, 0) is 24.3 Å². The minimum absolute atomic E-state index is 0.00173. The molecule has 9 heteroatoms. The summed E-state index contributed by atoms with van der Waals surface area (Å²) in [5.41, 5.74) is 6.80. The maximum atomic E-state index is 12.1. The molecule has 0 aliphatic rings. The summed E-state index contributed by atoms with van der Waals surface area (Å²) in [5.74, 6) is 1.08. The zero-order valence-corrected chi connectivity index (χ0v) is 13.0. The molecular formula is C16H14N6O3. The smallest absolute Gasteiger partial charge is 0.242 e. The van der Waals surface area contributed by atoms with Gasteiger partial charge < -0.3 is 19.9 Å². The Kier molecular flexibility index (Phi) is 3.65. The molecule has 25 heavy (non-hydrogen) atoms. The first kappa shape index (κ1) is 14.9. The number of aromatic nitrogens is 4. The SMILES string of the molecule is Nc1nc(-c2ccco2)c2cnn(CC(=O)NCc3ccco3)c2n1. The fourth-order valence-corrected chi connectivity index (χ4v) is 2.48. The van der Waals surface area contributed by atoms with Gasteiger partial charge in [0.25, 0.3) is 0 Å². The first-order chi connectivity index (χ1) is 12.2. The lowest BCUT2D eigenvalue weighted by Crippen LogP contribution is -2.27. The standard InChI is InChI=1S/C16H14N6O3/c17-16-20-14(12-4-2-6-25-12)11-8-19-22(15(11)21-16)9-13(23)18-7-10-3-1-5-24-10/h1-6,8H,7,9H2,(H,18,23)(H2,17,20,21). The maximum absolute atomic E-state index is 12.1. The summed E-state index contributed by atoms with van der Waals surface area (Å²) in [6.45, 7) is 0.304. The summed E-state index contributed by atoms with van der Waals surface area (Å²) in [7, 11) is 0. The summed E-state index contributed by atoms with van der Waals surface area (Å²) in [4.78, 5) is 20.6. The summed E-state index contributed by atoms with van der Waals surface area (Å²) in [5, 5.41) is 7.64. The molecule has 0 bridgehead atoms. The predicted molar refractivity (Wildman–Crippen MR) is 88.0 cm³/mol. The Labute approximate surface area is 141 Å². The summed E-state index contributed by atoms with van der Waals surface area (Å²) < 4.78 is 12.0. The van der Waals surface area contributed by atoms with Crippen LogP contribution in [-0.4, -0.2) is 25.7 Å². The fraction of sp³-hybridized carbons (Fsp3) is 0.125. The second kappa shape index (κ2) is 6.11. The molecule has 126 valence electrons. The Balaban J connectivity index is 1.59. The fourth-order valence-electron chi connectivity index (χ4n) is 2.48. The Hall–Kier alpha value is -3.62. The number of nitrogens with zero attached hydrogens (tertiary/aromatic N) is 4. The van der Waals surface area contributed by atoms with Gasteiger partial charge in [-0.25, -0.2) is 9.67 Å². The van der Waals surface area contributed by atoms with Crippen LogP contribution in [0.1, 0.15) is 5.76 Å². The molecule has 4 aromatic rings. The highest BCUT2D eigenvalue weighted by Crippen LogP contribution is 2.26. The lowest BCUT2D eigenvalue weighted by molar-refractivity contribution is -0.122. The molecule has 3 N–H and O–H groups in total. The van der Waals surface area contributed by atoms with Gasteiger partial charge in [-0.1, -0.05) is 0 Å². The van der Waals surface area contributed by atoms with Crippen LogP contribution in [0.2, 0.25) is 0 Å². The van der Waals surface area contributed by atoms with Crippen molar-refractivity contribution in [3.05, 3.63) is 48.7 Å². The van der Waals surface area contributed by atoms with E-state index in [2.05, 4.69) is 20.4 Å². The number of hydrogen-bond acceptors (Lipinski definition) is 7. The van der Waals surface area contributed by atoms with Crippen molar-refractivity contribution in [1.82, 2.24) is 25.1 Å². The van der Waals surface area contributed by atoms with Crippen LogP contribution in [0.25, 0.3) is 22.5 Å². The lowest BCUT2D eigenvalue weighted by atomic mass is 10.2. The number of anilines is 1. The van der Waals surface area contributed by atoms with E-state index in [0.29, 0.717) is 34.8 Å². The van der Waals surface area contributed by atoms with Gasteiger partial charge in [0.05, 0.1) is 30.7 Å². The van der Waals surface area contributed by atoms with Crippen LogP contribution in [0.4, 0.5) is 5.95 Å². The van der Waals surface area contributed by atoms with Crippen molar-refractivity contribution in [3.63, 3.8) is 0 Å². The number of fused-ring (bicyclic) bond motifs is 1.